The fourth-order valence-electron chi connectivity index (χ4n) is 3.27. The van der Waals surface area contributed by atoms with Gasteiger partial charge in [0.2, 0.25) is 5.91 Å². The van der Waals surface area contributed by atoms with Crippen LogP contribution in [0.4, 0.5) is 4.39 Å². The summed E-state index contributed by atoms with van der Waals surface area (Å²) >= 11 is 0. The van der Waals surface area contributed by atoms with Gasteiger partial charge in [-0.2, -0.15) is 0 Å². The van der Waals surface area contributed by atoms with Gasteiger partial charge in [0.1, 0.15) is 11.9 Å². The topological polar surface area (TPSA) is 65.2 Å². The number of carbonyl (C=O) groups excluding carboxylic acids is 1. The maximum Gasteiger partial charge on any atom is 0.238 e. The van der Waals surface area contributed by atoms with Crippen molar-refractivity contribution in [2.45, 2.75) is 38.3 Å². The summed E-state index contributed by atoms with van der Waals surface area (Å²) in [5.41, 5.74) is 7.35. The maximum atomic E-state index is 13.0. The third kappa shape index (κ3) is 4.07. The zero-order valence-corrected chi connectivity index (χ0v) is 13.5. The molecule has 2 unspecified atom stereocenters. The Bertz CT molecular complexity index is 542. The standard InChI is InChI=1S/C17H25FN4O/c1-17(6-8-19-9-7-17)11-20-16(23)15-10-14(21-22-15)12-2-4-13(18)5-3-12/h2-5,14-15,19,21-22H,6-11H2,1H3,(H,20,23). The lowest BCUT2D eigenvalue weighted by atomic mass is 9.81. The predicted molar refractivity (Wildman–Crippen MR) is 87.0 cm³/mol. The Morgan fingerprint density at radius 1 is 1.26 bits per heavy atom. The molecule has 2 aliphatic rings. The molecule has 23 heavy (non-hydrogen) atoms. The van der Waals surface area contributed by atoms with E-state index in [9.17, 15) is 9.18 Å². The summed E-state index contributed by atoms with van der Waals surface area (Å²) in [5, 5.41) is 6.44. The minimum Gasteiger partial charge on any atom is -0.354 e. The van der Waals surface area contributed by atoms with Crippen molar-refractivity contribution in [3.63, 3.8) is 0 Å². The average molecular weight is 320 g/mol. The van der Waals surface area contributed by atoms with Crippen molar-refractivity contribution in [3.8, 4) is 0 Å². The van der Waals surface area contributed by atoms with E-state index in [1.54, 1.807) is 12.1 Å². The molecule has 2 atom stereocenters. The van der Waals surface area contributed by atoms with Crippen molar-refractivity contribution in [2.75, 3.05) is 19.6 Å². The van der Waals surface area contributed by atoms with Crippen LogP contribution in [0.5, 0.6) is 0 Å². The SMILES string of the molecule is CC1(CNC(=O)C2CC(c3ccc(F)cc3)NN2)CCNCC1. The van der Waals surface area contributed by atoms with Crippen LogP contribution < -0.4 is 21.5 Å². The number of amides is 1. The van der Waals surface area contributed by atoms with Crippen LogP contribution >= 0.6 is 0 Å². The Hall–Kier alpha value is -1.50. The molecule has 0 bridgehead atoms. The van der Waals surface area contributed by atoms with Crippen LogP contribution in [-0.4, -0.2) is 31.6 Å². The van der Waals surface area contributed by atoms with Gasteiger partial charge in [0.25, 0.3) is 0 Å². The highest BCUT2D eigenvalue weighted by Crippen LogP contribution is 2.27. The zero-order valence-electron chi connectivity index (χ0n) is 13.5. The number of piperidine rings is 1. The molecule has 2 fully saturated rings. The van der Waals surface area contributed by atoms with Crippen molar-refractivity contribution in [3.05, 3.63) is 35.6 Å². The van der Waals surface area contributed by atoms with Crippen LogP contribution in [0.1, 0.15) is 37.8 Å². The third-order valence-electron chi connectivity index (χ3n) is 4.99. The number of halogens is 1. The normalized spacial score (nSPS) is 26.9. The molecule has 2 saturated heterocycles. The van der Waals surface area contributed by atoms with Crippen molar-refractivity contribution in [2.24, 2.45) is 5.41 Å². The van der Waals surface area contributed by atoms with Crippen LogP contribution in [0.15, 0.2) is 24.3 Å². The summed E-state index contributed by atoms with van der Waals surface area (Å²) < 4.78 is 13.0. The minimum atomic E-state index is -0.254. The van der Waals surface area contributed by atoms with E-state index in [4.69, 9.17) is 0 Å². The van der Waals surface area contributed by atoms with Gasteiger partial charge in [0, 0.05) is 12.6 Å². The van der Waals surface area contributed by atoms with Crippen LogP contribution in [-0.2, 0) is 4.79 Å². The number of hydrazine groups is 1. The van der Waals surface area contributed by atoms with E-state index in [1.807, 2.05) is 0 Å². The van der Waals surface area contributed by atoms with E-state index in [-0.39, 0.29) is 29.2 Å². The number of benzene rings is 1. The van der Waals surface area contributed by atoms with Crippen LogP contribution in [0, 0.1) is 11.2 Å². The van der Waals surface area contributed by atoms with E-state index < -0.39 is 0 Å². The molecule has 0 spiro atoms. The lowest BCUT2D eigenvalue weighted by molar-refractivity contribution is -0.123. The van der Waals surface area contributed by atoms with Gasteiger partial charge in [-0.1, -0.05) is 19.1 Å². The number of carbonyl (C=O) groups is 1. The molecule has 4 N–H and O–H groups in total. The molecule has 2 heterocycles. The quantitative estimate of drug-likeness (QED) is 0.674. The maximum absolute atomic E-state index is 13.0. The van der Waals surface area contributed by atoms with Crippen LogP contribution in [0.3, 0.4) is 0 Å². The van der Waals surface area contributed by atoms with Gasteiger partial charge in [-0.25, -0.2) is 15.2 Å². The van der Waals surface area contributed by atoms with Crippen molar-refractivity contribution < 1.29 is 9.18 Å². The molecular weight excluding hydrogens is 295 g/mol. The Morgan fingerprint density at radius 2 is 1.96 bits per heavy atom. The van der Waals surface area contributed by atoms with E-state index >= 15 is 0 Å². The highest BCUT2D eigenvalue weighted by molar-refractivity contribution is 5.82. The average Bonchev–Trinajstić information content (AvgIpc) is 3.04. The van der Waals surface area contributed by atoms with Gasteiger partial charge < -0.3 is 10.6 Å². The molecular formula is C17H25FN4O. The van der Waals surface area contributed by atoms with Crippen LogP contribution in [0.2, 0.25) is 0 Å². The number of nitrogens with one attached hydrogen (secondary N) is 4. The molecule has 1 amide bonds. The van der Waals surface area contributed by atoms with Crippen LogP contribution in [0.25, 0.3) is 0 Å². The van der Waals surface area contributed by atoms with Crippen molar-refractivity contribution in [1.82, 2.24) is 21.5 Å². The van der Waals surface area contributed by atoms with E-state index in [1.165, 1.54) is 12.1 Å². The second kappa shape index (κ2) is 6.95. The smallest absolute Gasteiger partial charge is 0.238 e. The molecule has 0 aromatic heterocycles. The molecule has 1 aromatic rings. The molecule has 3 rings (SSSR count). The molecule has 5 nitrogen and oxygen atoms in total. The summed E-state index contributed by atoms with van der Waals surface area (Å²) in [6.45, 7) is 4.98. The first-order valence-corrected chi connectivity index (χ1v) is 8.31. The molecule has 2 aliphatic heterocycles. The number of hydrogen-bond acceptors (Lipinski definition) is 4. The first kappa shape index (κ1) is 16.4. The minimum absolute atomic E-state index is 0.0285. The Labute approximate surface area is 136 Å². The lowest BCUT2D eigenvalue weighted by Crippen LogP contribution is -2.48. The van der Waals surface area contributed by atoms with Crippen molar-refractivity contribution in [1.29, 1.82) is 0 Å². The molecule has 1 aromatic carbocycles. The Balaban J connectivity index is 1.50. The molecule has 6 heteroatoms. The van der Waals surface area contributed by atoms with Gasteiger partial charge in [-0.05, 0) is 55.5 Å². The second-order valence-electron chi connectivity index (χ2n) is 6.96. The lowest BCUT2D eigenvalue weighted by Gasteiger charge is -2.34. The number of rotatable bonds is 4. The highest BCUT2D eigenvalue weighted by atomic mass is 19.1. The predicted octanol–water partition coefficient (Wildman–Crippen LogP) is 1.24. The van der Waals surface area contributed by atoms with Gasteiger partial charge in [-0.3, -0.25) is 4.79 Å². The van der Waals surface area contributed by atoms with Gasteiger partial charge in [-0.15, -0.1) is 0 Å². The van der Waals surface area contributed by atoms with E-state index in [0.29, 0.717) is 13.0 Å². The summed E-state index contributed by atoms with van der Waals surface area (Å²) in [6.07, 6.45) is 2.83. The fourth-order valence-corrected chi connectivity index (χ4v) is 3.27. The van der Waals surface area contributed by atoms with Crippen molar-refractivity contribution >= 4 is 5.91 Å². The summed E-state index contributed by atoms with van der Waals surface area (Å²) in [7, 11) is 0. The summed E-state index contributed by atoms with van der Waals surface area (Å²) in [6, 6.07) is 6.18. The molecule has 0 radical (unpaired) electrons. The molecule has 0 saturated carbocycles. The monoisotopic (exact) mass is 320 g/mol. The largest absolute Gasteiger partial charge is 0.354 e. The summed E-state index contributed by atoms with van der Waals surface area (Å²) in [4.78, 5) is 12.4. The van der Waals surface area contributed by atoms with Gasteiger partial charge in [0.05, 0.1) is 0 Å². The fraction of sp³-hybridized carbons (Fsp3) is 0.588. The molecule has 0 aliphatic carbocycles. The first-order chi connectivity index (χ1) is 11.1. The number of hydrogen-bond donors (Lipinski definition) is 4. The van der Waals surface area contributed by atoms with E-state index in [2.05, 4.69) is 28.4 Å². The Morgan fingerprint density at radius 3 is 2.65 bits per heavy atom. The van der Waals surface area contributed by atoms with E-state index in [0.717, 1.165) is 31.5 Å². The third-order valence-corrected chi connectivity index (χ3v) is 4.99. The second-order valence-corrected chi connectivity index (χ2v) is 6.96. The van der Waals surface area contributed by atoms with Gasteiger partial charge in [0.15, 0.2) is 0 Å². The molecule has 126 valence electrons. The summed E-state index contributed by atoms with van der Waals surface area (Å²) in [5.74, 6) is -0.217. The zero-order chi connectivity index (χ0) is 16.3. The first-order valence-electron chi connectivity index (χ1n) is 8.31. The van der Waals surface area contributed by atoms with Gasteiger partial charge >= 0.3 is 0 Å². The highest BCUT2D eigenvalue weighted by Gasteiger charge is 2.32. The Kier molecular flexibility index (Phi) is 4.94.